The first-order valence-corrected chi connectivity index (χ1v) is 10.5. The highest BCUT2D eigenvalue weighted by Gasteiger charge is 2.19. The molecule has 0 spiro atoms. The molecule has 1 aliphatic carbocycles. The number of rotatable bonds is 6. The average Bonchev–Trinajstić information content (AvgIpc) is 2.64. The first kappa shape index (κ1) is 19.8. The fraction of sp³-hybridized carbons (Fsp3) is 0.435. The van der Waals surface area contributed by atoms with Gasteiger partial charge in [0.15, 0.2) is 6.61 Å². The molecule has 0 heterocycles. The lowest BCUT2D eigenvalue weighted by Gasteiger charge is -2.22. The number of hydrogen-bond donors (Lipinski definition) is 1. The second-order valence-electron chi connectivity index (χ2n) is 8.14. The van der Waals surface area contributed by atoms with Crippen LogP contribution in [-0.2, 0) is 28.8 Å². The van der Waals surface area contributed by atoms with Gasteiger partial charge in [-0.3, -0.25) is 0 Å². The Kier molecular flexibility index (Phi) is 6.15. The summed E-state index contributed by atoms with van der Waals surface area (Å²) in [6, 6.07) is 12.9. The molecule has 1 N–H and O–H groups in total. The van der Waals surface area contributed by atoms with Crippen molar-refractivity contribution in [1.82, 2.24) is 0 Å². The average molecular weight is 385 g/mol. The van der Waals surface area contributed by atoms with Crippen molar-refractivity contribution < 1.29 is 14.6 Å². The van der Waals surface area contributed by atoms with Crippen LogP contribution in [0.1, 0.15) is 55.9 Å². The highest BCUT2D eigenvalue weighted by molar-refractivity contribution is 7.98. The second-order valence-corrected chi connectivity index (χ2v) is 9.16. The van der Waals surface area contributed by atoms with Gasteiger partial charge in [0.25, 0.3) is 0 Å². The molecule has 144 valence electrons. The van der Waals surface area contributed by atoms with Crippen molar-refractivity contribution in [1.29, 1.82) is 0 Å². The number of hydrogen-bond acceptors (Lipinski definition) is 3. The maximum atomic E-state index is 10.8. The lowest BCUT2D eigenvalue weighted by Crippen LogP contribution is -2.13. The van der Waals surface area contributed by atoms with Crippen molar-refractivity contribution in [3.8, 4) is 5.75 Å². The van der Waals surface area contributed by atoms with E-state index in [2.05, 4.69) is 51.1 Å². The van der Waals surface area contributed by atoms with Crippen molar-refractivity contribution in [2.45, 2.75) is 62.5 Å². The molecule has 1 aliphatic rings. The number of thioether (sulfide) groups is 1. The van der Waals surface area contributed by atoms with Gasteiger partial charge >= 0.3 is 5.97 Å². The molecule has 3 nitrogen and oxygen atoms in total. The zero-order valence-corrected chi connectivity index (χ0v) is 17.2. The van der Waals surface area contributed by atoms with Crippen molar-refractivity contribution in [3.05, 3.63) is 58.7 Å². The molecule has 0 aromatic heterocycles. The van der Waals surface area contributed by atoms with E-state index in [4.69, 9.17) is 9.84 Å². The summed E-state index contributed by atoms with van der Waals surface area (Å²) < 4.78 is 5.52. The number of carbonyl (C=O) groups is 1. The minimum Gasteiger partial charge on any atom is -0.482 e. The predicted octanol–water partition coefficient (Wildman–Crippen LogP) is 5.62. The standard InChI is InChI=1S/C23H28O3S/c1-23(2,3)17-10-8-16(9-11-17)15-27-21-13-12-20(26-14-22(24)25)18-6-4-5-7-19(18)21/h8-13H,4-7,14-15H2,1-3H3,(H,24,25). The Morgan fingerprint density at radius 2 is 1.70 bits per heavy atom. The van der Waals surface area contributed by atoms with E-state index in [0.717, 1.165) is 30.8 Å². The van der Waals surface area contributed by atoms with E-state index < -0.39 is 5.97 Å². The van der Waals surface area contributed by atoms with E-state index in [0.29, 0.717) is 0 Å². The molecule has 4 heteroatoms. The Morgan fingerprint density at radius 1 is 1.04 bits per heavy atom. The smallest absolute Gasteiger partial charge is 0.341 e. The summed E-state index contributed by atoms with van der Waals surface area (Å²) in [5, 5.41) is 8.88. The maximum absolute atomic E-state index is 10.8. The number of benzene rings is 2. The summed E-state index contributed by atoms with van der Waals surface area (Å²) in [4.78, 5) is 12.1. The first-order chi connectivity index (χ1) is 12.8. The SMILES string of the molecule is CC(C)(C)c1ccc(CSc2ccc(OCC(=O)O)c3c2CCCC3)cc1. The van der Waals surface area contributed by atoms with Gasteiger partial charge in [0.2, 0.25) is 0 Å². The third-order valence-electron chi connectivity index (χ3n) is 5.01. The van der Waals surface area contributed by atoms with E-state index >= 15 is 0 Å². The van der Waals surface area contributed by atoms with Crippen molar-refractivity contribution in [2.75, 3.05) is 6.61 Å². The van der Waals surface area contributed by atoms with Gasteiger partial charge in [-0.05, 0) is 65.5 Å². The highest BCUT2D eigenvalue weighted by atomic mass is 32.2. The molecule has 0 amide bonds. The lowest BCUT2D eigenvalue weighted by atomic mass is 9.87. The highest BCUT2D eigenvalue weighted by Crippen LogP contribution is 2.38. The Bertz CT molecular complexity index is 804. The molecule has 0 aliphatic heterocycles. The molecule has 2 aromatic rings. The molecule has 0 saturated carbocycles. The zero-order valence-electron chi connectivity index (χ0n) is 16.4. The van der Waals surface area contributed by atoms with Gasteiger partial charge in [-0.1, -0.05) is 45.0 Å². The molecule has 0 saturated heterocycles. The van der Waals surface area contributed by atoms with Crippen molar-refractivity contribution >= 4 is 17.7 Å². The zero-order chi connectivity index (χ0) is 19.4. The van der Waals surface area contributed by atoms with Crippen LogP contribution in [0.2, 0.25) is 0 Å². The fourth-order valence-corrected chi connectivity index (χ4v) is 4.55. The topological polar surface area (TPSA) is 46.5 Å². The van der Waals surface area contributed by atoms with E-state index in [9.17, 15) is 4.79 Å². The predicted molar refractivity (Wildman–Crippen MR) is 111 cm³/mol. The molecule has 0 bridgehead atoms. The Balaban J connectivity index is 1.74. The number of carboxylic acid groups (broad SMARTS) is 1. The van der Waals surface area contributed by atoms with Gasteiger partial charge in [-0.25, -0.2) is 4.79 Å². The number of carboxylic acids is 1. The second kappa shape index (κ2) is 8.39. The quantitative estimate of drug-likeness (QED) is 0.657. The summed E-state index contributed by atoms with van der Waals surface area (Å²) >= 11 is 1.86. The Morgan fingerprint density at radius 3 is 2.33 bits per heavy atom. The van der Waals surface area contributed by atoms with E-state index in [-0.39, 0.29) is 12.0 Å². The van der Waals surface area contributed by atoms with Crippen LogP contribution < -0.4 is 4.74 Å². The van der Waals surface area contributed by atoms with Crippen LogP contribution >= 0.6 is 11.8 Å². The Hall–Kier alpha value is -1.94. The Labute approximate surface area is 166 Å². The summed E-state index contributed by atoms with van der Waals surface area (Å²) in [5.41, 5.74) is 5.41. The van der Waals surface area contributed by atoms with E-state index in [1.54, 1.807) is 0 Å². The number of aliphatic carboxylic acids is 1. The van der Waals surface area contributed by atoms with Crippen LogP contribution in [-0.4, -0.2) is 17.7 Å². The molecule has 27 heavy (non-hydrogen) atoms. The molecule has 0 unspecified atom stereocenters. The van der Waals surface area contributed by atoms with Crippen LogP contribution in [0.4, 0.5) is 0 Å². The summed E-state index contributed by atoms with van der Waals surface area (Å²) in [7, 11) is 0. The number of ether oxygens (including phenoxy) is 1. The summed E-state index contributed by atoms with van der Waals surface area (Å²) in [5.74, 6) is 0.745. The van der Waals surface area contributed by atoms with Gasteiger partial charge < -0.3 is 9.84 Å². The molecular formula is C23H28O3S. The van der Waals surface area contributed by atoms with Crippen molar-refractivity contribution in [2.24, 2.45) is 0 Å². The minimum atomic E-state index is -0.934. The lowest BCUT2D eigenvalue weighted by molar-refractivity contribution is -0.139. The summed E-state index contributed by atoms with van der Waals surface area (Å²) in [6.07, 6.45) is 4.34. The van der Waals surface area contributed by atoms with E-state index in [1.165, 1.54) is 33.6 Å². The molecule has 2 aromatic carbocycles. The maximum Gasteiger partial charge on any atom is 0.341 e. The largest absolute Gasteiger partial charge is 0.482 e. The van der Waals surface area contributed by atoms with Gasteiger partial charge in [0, 0.05) is 10.6 Å². The third-order valence-corrected chi connectivity index (χ3v) is 6.19. The number of fused-ring (bicyclic) bond motifs is 1. The van der Waals surface area contributed by atoms with Crippen LogP contribution in [0.5, 0.6) is 5.75 Å². The van der Waals surface area contributed by atoms with Crippen LogP contribution in [0, 0.1) is 0 Å². The normalized spacial score (nSPS) is 13.9. The molecule has 3 rings (SSSR count). The van der Waals surface area contributed by atoms with Crippen molar-refractivity contribution in [3.63, 3.8) is 0 Å². The molecule has 0 atom stereocenters. The van der Waals surface area contributed by atoms with Gasteiger partial charge in [-0.15, -0.1) is 11.8 Å². The third kappa shape index (κ3) is 5.07. The first-order valence-electron chi connectivity index (χ1n) is 9.56. The van der Waals surface area contributed by atoms with Gasteiger partial charge in [0.1, 0.15) is 5.75 Å². The monoisotopic (exact) mass is 384 g/mol. The van der Waals surface area contributed by atoms with E-state index in [1.807, 2.05) is 17.8 Å². The molecule has 0 radical (unpaired) electrons. The van der Waals surface area contributed by atoms with Gasteiger partial charge in [0.05, 0.1) is 0 Å². The summed E-state index contributed by atoms with van der Waals surface area (Å²) in [6.45, 7) is 6.42. The molecule has 0 fully saturated rings. The fourth-order valence-electron chi connectivity index (χ4n) is 3.47. The van der Waals surface area contributed by atoms with Crippen LogP contribution in [0.15, 0.2) is 41.3 Å². The van der Waals surface area contributed by atoms with Crippen LogP contribution in [0.3, 0.4) is 0 Å². The van der Waals surface area contributed by atoms with Crippen LogP contribution in [0.25, 0.3) is 0 Å². The minimum absolute atomic E-state index is 0.177. The molecular weight excluding hydrogens is 356 g/mol. The van der Waals surface area contributed by atoms with Gasteiger partial charge in [-0.2, -0.15) is 0 Å².